The maximum atomic E-state index is 13.9. The van der Waals surface area contributed by atoms with Gasteiger partial charge in [-0.3, -0.25) is 0 Å². The fraction of sp³-hybridized carbons (Fsp3) is 0. The standard InChI is InChI=1S/C36H22O6S/c37-31-13-11-23(19-27(31)21-9-15-35-29(17-21)25-5-1-3-7-33(25)41-35)43(39,40)24-12-14-32(38)28(20-24)22-10-16-36-30(18-22)26-6-2-4-8-34(26)42-36/h1-20,37-38H. The van der Waals surface area contributed by atoms with Gasteiger partial charge in [-0.1, -0.05) is 48.5 Å². The summed E-state index contributed by atoms with van der Waals surface area (Å²) in [6, 6.07) is 34.9. The van der Waals surface area contributed by atoms with E-state index in [2.05, 4.69) is 0 Å². The fourth-order valence-corrected chi connectivity index (χ4v) is 7.06. The molecular formula is C36H22O6S. The van der Waals surface area contributed by atoms with E-state index in [-0.39, 0.29) is 21.3 Å². The highest BCUT2D eigenvalue weighted by atomic mass is 32.2. The number of furan rings is 2. The van der Waals surface area contributed by atoms with Crippen LogP contribution in [0, 0.1) is 0 Å². The summed E-state index contributed by atoms with van der Waals surface area (Å²) >= 11 is 0. The van der Waals surface area contributed by atoms with Crippen LogP contribution < -0.4 is 0 Å². The third-order valence-electron chi connectivity index (χ3n) is 7.93. The van der Waals surface area contributed by atoms with Gasteiger partial charge in [-0.25, -0.2) is 8.42 Å². The second-order valence-electron chi connectivity index (χ2n) is 10.5. The van der Waals surface area contributed by atoms with Crippen LogP contribution in [0.15, 0.2) is 140 Å². The van der Waals surface area contributed by atoms with Crippen molar-refractivity contribution < 1.29 is 27.5 Å². The Balaban J connectivity index is 1.22. The van der Waals surface area contributed by atoms with Gasteiger partial charge in [0.25, 0.3) is 0 Å². The van der Waals surface area contributed by atoms with Gasteiger partial charge in [-0.05, 0) is 83.9 Å². The predicted octanol–water partition coefficient (Wildman–Crippen LogP) is 9.06. The lowest BCUT2D eigenvalue weighted by atomic mass is 10.0. The summed E-state index contributed by atoms with van der Waals surface area (Å²) in [5.41, 5.74) is 4.96. The minimum absolute atomic E-state index is 0.0189. The molecule has 0 fully saturated rings. The summed E-state index contributed by atoms with van der Waals surface area (Å²) in [6.07, 6.45) is 0. The average molecular weight is 583 g/mol. The molecule has 0 aliphatic rings. The first kappa shape index (κ1) is 25.2. The van der Waals surface area contributed by atoms with Crippen LogP contribution in [0.3, 0.4) is 0 Å². The molecule has 0 radical (unpaired) electrons. The molecule has 6 nitrogen and oxygen atoms in total. The molecule has 8 rings (SSSR count). The predicted molar refractivity (Wildman–Crippen MR) is 167 cm³/mol. The van der Waals surface area contributed by atoms with E-state index in [4.69, 9.17) is 8.83 Å². The molecule has 43 heavy (non-hydrogen) atoms. The lowest BCUT2D eigenvalue weighted by Crippen LogP contribution is -2.02. The topological polar surface area (TPSA) is 101 Å². The smallest absolute Gasteiger partial charge is 0.206 e. The van der Waals surface area contributed by atoms with E-state index >= 15 is 0 Å². The quantitative estimate of drug-likeness (QED) is 0.215. The molecule has 208 valence electrons. The Morgan fingerprint density at radius 3 is 1.33 bits per heavy atom. The highest BCUT2D eigenvalue weighted by molar-refractivity contribution is 7.91. The molecule has 0 atom stereocenters. The third-order valence-corrected chi connectivity index (χ3v) is 9.68. The number of sulfone groups is 1. The zero-order chi connectivity index (χ0) is 29.3. The zero-order valence-corrected chi connectivity index (χ0v) is 23.3. The minimum Gasteiger partial charge on any atom is -0.507 e. The number of fused-ring (bicyclic) bond motifs is 6. The highest BCUT2D eigenvalue weighted by Crippen LogP contribution is 2.40. The van der Waals surface area contributed by atoms with Crippen LogP contribution in [-0.4, -0.2) is 18.6 Å². The molecule has 6 aromatic carbocycles. The first-order valence-electron chi connectivity index (χ1n) is 13.6. The van der Waals surface area contributed by atoms with Crippen molar-refractivity contribution in [1.29, 1.82) is 0 Å². The van der Waals surface area contributed by atoms with Gasteiger partial charge in [0.05, 0.1) is 9.79 Å². The van der Waals surface area contributed by atoms with Crippen molar-refractivity contribution in [2.45, 2.75) is 9.79 Å². The van der Waals surface area contributed by atoms with Crippen molar-refractivity contribution in [1.82, 2.24) is 0 Å². The molecule has 0 amide bonds. The summed E-state index contributed by atoms with van der Waals surface area (Å²) in [7, 11) is -4.03. The van der Waals surface area contributed by atoms with E-state index in [0.717, 1.165) is 32.7 Å². The van der Waals surface area contributed by atoms with Crippen LogP contribution in [-0.2, 0) is 9.84 Å². The van der Waals surface area contributed by atoms with Crippen molar-refractivity contribution in [3.8, 4) is 33.8 Å². The van der Waals surface area contributed by atoms with Crippen LogP contribution in [0.4, 0.5) is 0 Å². The average Bonchev–Trinajstić information content (AvgIpc) is 3.59. The molecule has 0 unspecified atom stereocenters. The van der Waals surface area contributed by atoms with Crippen LogP contribution in [0.5, 0.6) is 11.5 Å². The van der Waals surface area contributed by atoms with E-state index in [9.17, 15) is 18.6 Å². The Hall–Kier alpha value is -5.53. The number of hydrogen-bond acceptors (Lipinski definition) is 6. The van der Waals surface area contributed by atoms with Gasteiger partial charge >= 0.3 is 0 Å². The number of para-hydroxylation sites is 2. The molecule has 2 N–H and O–H groups in total. The first-order valence-corrected chi connectivity index (χ1v) is 15.1. The van der Waals surface area contributed by atoms with Crippen LogP contribution >= 0.6 is 0 Å². The van der Waals surface area contributed by atoms with Crippen molar-refractivity contribution in [3.05, 3.63) is 121 Å². The second-order valence-corrected chi connectivity index (χ2v) is 12.4. The largest absolute Gasteiger partial charge is 0.507 e. The molecule has 2 aromatic heterocycles. The van der Waals surface area contributed by atoms with Crippen LogP contribution in [0.2, 0.25) is 0 Å². The Labute approximate surface area is 245 Å². The molecule has 7 heteroatoms. The van der Waals surface area contributed by atoms with Crippen LogP contribution in [0.1, 0.15) is 0 Å². The van der Waals surface area contributed by atoms with Gasteiger partial charge in [-0.2, -0.15) is 0 Å². The van der Waals surface area contributed by atoms with Gasteiger partial charge in [0, 0.05) is 32.7 Å². The number of hydrogen-bond donors (Lipinski definition) is 2. The fourth-order valence-electron chi connectivity index (χ4n) is 5.75. The SMILES string of the molecule is O=S(=O)(c1ccc(O)c(-c2ccc3oc4ccccc4c3c2)c1)c1ccc(O)c(-c2ccc3oc4ccccc4c3c2)c1. The summed E-state index contributed by atoms with van der Waals surface area (Å²) < 4.78 is 39.7. The number of benzene rings is 6. The molecule has 0 aliphatic heterocycles. The maximum Gasteiger partial charge on any atom is 0.206 e. The number of rotatable bonds is 4. The molecule has 0 saturated heterocycles. The second kappa shape index (κ2) is 9.24. The van der Waals surface area contributed by atoms with Crippen molar-refractivity contribution >= 4 is 53.7 Å². The minimum atomic E-state index is -4.03. The van der Waals surface area contributed by atoms with Gasteiger partial charge in [0.1, 0.15) is 33.8 Å². The van der Waals surface area contributed by atoms with Gasteiger partial charge in [0.15, 0.2) is 0 Å². The van der Waals surface area contributed by atoms with Crippen molar-refractivity contribution in [2.24, 2.45) is 0 Å². The van der Waals surface area contributed by atoms with E-state index in [1.54, 1.807) is 12.1 Å². The molecular weight excluding hydrogens is 560 g/mol. The lowest BCUT2D eigenvalue weighted by molar-refractivity contribution is 0.476. The summed E-state index contributed by atoms with van der Waals surface area (Å²) in [6.45, 7) is 0. The zero-order valence-electron chi connectivity index (χ0n) is 22.5. The Bertz CT molecular complexity index is 2330. The van der Waals surface area contributed by atoms with Gasteiger partial charge in [0.2, 0.25) is 9.84 Å². The molecule has 2 heterocycles. The normalized spacial score (nSPS) is 12.1. The Morgan fingerprint density at radius 1 is 0.442 bits per heavy atom. The monoisotopic (exact) mass is 582 g/mol. The summed E-state index contributed by atoms with van der Waals surface area (Å²) in [4.78, 5) is 0.0377. The van der Waals surface area contributed by atoms with Crippen molar-refractivity contribution in [2.75, 3.05) is 0 Å². The molecule has 0 aliphatic carbocycles. The van der Waals surface area contributed by atoms with Crippen molar-refractivity contribution in [3.63, 3.8) is 0 Å². The number of phenolic OH excluding ortho intramolecular Hbond substituents is 2. The molecule has 8 aromatic rings. The maximum absolute atomic E-state index is 13.9. The number of phenols is 2. The lowest BCUT2D eigenvalue weighted by Gasteiger charge is -2.12. The van der Waals surface area contributed by atoms with Gasteiger partial charge < -0.3 is 19.0 Å². The van der Waals surface area contributed by atoms with E-state index < -0.39 is 9.84 Å². The Kier molecular flexibility index (Phi) is 5.42. The third kappa shape index (κ3) is 3.97. The van der Waals surface area contributed by atoms with Crippen LogP contribution in [0.25, 0.3) is 66.1 Å². The van der Waals surface area contributed by atoms with Gasteiger partial charge in [-0.15, -0.1) is 0 Å². The highest BCUT2D eigenvalue weighted by Gasteiger charge is 2.22. The van der Waals surface area contributed by atoms with E-state index in [1.165, 1.54) is 36.4 Å². The molecule has 0 saturated carbocycles. The van der Waals surface area contributed by atoms with E-state index in [1.807, 2.05) is 72.8 Å². The van der Waals surface area contributed by atoms with E-state index in [0.29, 0.717) is 33.4 Å². The summed E-state index contributed by atoms with van der Waals surface area (Å²) in [5, 5.41) is 25.1. The number of aromatic hydroxyl groups is 2. The molecule has 0 bridgehead atoms. The Morgan fingerprint density at radius 2 is 0.860 bits per heavy atom. The molecule has 0 spiro atoms. The summed E-state index contributed by atoms with van der Waals surface area (Å²) in [5.74, 6) is -0.0868. The first-order chi connectivity index (χ1) is 20.9.